The van der Waals surface area contributed by atoms with Crippen LogP contribution in [0.15, 0.2) is 47.1 Å². The first-order chi connectivity index (χ1) is 14.6. The molecule has 9 heteroatoms. The maximum Gasteiger partial charge on any atom is 0.289 e. The van der Waals surface area contributed by atoms with Crippen molar-refractivity contribution in [3.8, 4) is 5.75 Å². The van der Waals surface area contributed by atoms with Crippen LogP contribution in [-0.2, 0) is 0 Å². The van der Waals surface area contributed by atoms with Crippen LogP contribution in [0.3, 0.4) is 0 Å². The summed E-state index contributed by atoms with van der Waals surface area (Å²) in [4.78, 5) is 16.8. The van der Waals surface area contributed by atoms with Gasteiger partial charge in [-0.05, 0) is 42.5 Å². The van der Waals surface area contributed by atoms with Crippen LogP contribution < -0.4 is 4.74 Å². The number of nitrogens with zero attached hydrogens (tertiary/aromatic N) is 6. The fourth-order valence-corrected chi connectivity index (χ4v) is 3.88. The number of carbonyl (C=O) groups is 1. The highest BCUT2D eigenvalue weighted by Crippen LogP contribution is 2.34. The maximum absolute atomic E-state index is 12.6. The second-order valence-corrected chi connectivity index (χ2v) is 7.53. The van der Waals surface area contributed by atoms with Gasteiger partial charge < -0.3 is 14.1 Å². The molecule has 0 aliphatic carbocycles. The molecule has 3 heterocycles. The van der Waals surface area contributed by atoms with E-state index < -0.39 is 0 Å². The average Bonchev–Trinajstić information content (AvgIpc) is 3.47. The Balaban J connectivity index is 1.63. The summed E-state index contributed by atoms with van der Waals surface area (Å²) < 4.78 is 12.8. The van der Waals surface area contributed by atoms with Crippen LogP contribution in [0, 0.1) is 0 Å². The Kier molecular flexibility index (Phi) is 5.80. The number of carbonyl (C=O) groups excluding carboxylic acids is 1. The Morgan fingerprint density at radius 3 is 2.53 bits per heavy atom. The van der Waals surface area contributed by atoms with Crippen LogP contribution in [0.25, 0.3) is 0 Å². The van der Waals surface area contributed by atoms with Gasteiger partial charge in [0.2, 0.25) is 0 Å². The molecule has 9 nitrogen and oxygen atoms in total. The molecule has 1 aromatic carbocycles. The van der Waals surface area contributed by atoms with Crippen LogP contribution in [0.4, 0.5) is 0 Å². The van der Waals surface area contributed by atoms with E-state index >= 15 is 0 Å². The number of rotatable bonds is 6. The molecule has 0 unspecified atom stereocenters. The lowest BCUT2D eigenvalue weighted by Crippen LogP contribution is -2.50. The number of hydrogen-bond donors (Lipinski definition) is 0. The van der Waals surface area contributed by atoms with E-state index in [0.29, 0.717) is 31.9 Å². The molecule has 0 bridgehead atoms. The lowest BCUT2D eigenvalue weighted by molar-refractivity contribution is 0.0556. The Bertz CT molecular complexity index is 976. The predicted molar refractivity (Wildman–Crippen MR) is 109 cm³/mol. The standard InChI is InChI=1S/C21H26N6O3/c1-15(2)27-20(22-23-24-27)19(16-7-4-5-8-17(16)29-3)25-10-12-26(13-11-25)21(28)18-9-6-14-30-18/h4-9,14-15,19H,10-13H2,1-3H3/t19-/m0/s1. The molecule has 1 aliphatic heterocycles. The molecule has 30 heavy (non-hydrogen) atoms. The van der Waals surface area contributed by atoms with Crippen LogP contribution in [0.1, 0.15) is 47.9 Å². The van der Waals surface area contributed by atoms with Crippen molar-refractivity contribution in [3.63, 3.8) is 0 Å². The molecule has 1 fully saturated rings. The Hall–Kier alpha value is -3.20. The van der Waals surface area contributed by atoms with Gasteiger partial charge in [0.1, 0.15) is 11.8 Å². The van der Waals surface area contributed by atoms with Gasteiger partial charge in [-0.25, -0.2) is 4.68 Å². The second kappa shape index (κ2) is 8.66. The third kappa shape index (κ3) is 3.80. The highest BCUT2D eigenvalue weighted by molar-refractivity contribution is 5.91. The lowest BCUT2D eigenvalue weighted by atomic mass is 10.0. The molecule has 1 amide bonds. The summed E-state index contributed by atoms with van der Waals surface area (Å²) in [5.74, 6) is 1.84. The summed E-state index contributed by atoms with van der Waals surface area (Å²) in [5.41, 5.74) is 1.00. The molecule has 158 valence electrons. The number of piperazine rings is 1. The summed E-state index contributed by atoms with van der Waals surface area (Å²) in [6.45, 7) is 6.65. The van der Waals surface area contributed by atoms with Crippen LogP contribution in [0.5, 0.6) is 5.75 Å². The van der Waals surface area contributed by atoms with E-state index in [4.69, 9.17) is 9.15 Å². The minimum atomic E-state index is -0.181. The van der Waals surface area contributed by atoms with Crippen LogP contribution >= 0.6 is 0 Å². The van der Waals surface area contributed by atoms with Gasteiger partial charge in [-0.3, -0.25) is 9.69 Å². The van der Waals surface area contributed by atoms with E-state index in [1.54, 1.807) is 19.2 Å². The summed E-state index contributed by atoms with van der Waals surface area (Å²) in [5, 5.41) is 12.5. The number of para-hydroxylation sites is 1. The fourth-order valence-electron chi connectivity index (χ4n) is 3.88. The smallest absolute Gasteiger partial charge is 0.289 e. The molecule has 0 radical (unpaired) electrons. The van der Waals surface area contributed by atoms with Crippen molar-refractivity contribution in [2.45, 2.75) is 25.9 Å². The van der Waals surface area contributed by atoms with Gasteiger partial charge in [-0.15, -0.1) is 5.10 Å². The maximum atomic E-state index is 12.6. The van der Waals surface area contributed by atoms with Crippen molar-refractivity contribution in [3.05, 3.63) is 59.8 Å². The fraction of sp³-hybridized carbons (Fsp3) is 0.429. The number of hydrogen-bond acceptors (Lipinski definition) is 7. The average molecular weight is 410 g/mol. The number of tetrazole rings is 1. The molecule has 1 aliphatic rings. The number of methoxy groups -OCH3 is 1. The molecule has 0 spiro atoms. The largest absolute Gasteiger partial charge is 0.496 e. The molecular weight excluding hydrogens is 384 g/mol. The zero-order chi connectivity index (χ0) is 21.1. The van der Waals surface area contributed by atoms with Crippen LogP contribution in [0.2, 0.25) is 0 Å². The van der Waals surface area contributed by atoms with E-state index in [-0.39, 0.29) is 18.0 Å². The summed E-state index contributed by atoms with van der Waals surface area (Å²) >= 11 is 0. The van der Waals surface area contributed by atoms with E-state index in [0.717, 1.165) is 17.1 Å². The van der Waals surface area contributed by atoms with Gasteiger partial charge in [0.05, 0.1) is 19.4 Å². The highest BCUT2D eigenvalue weighted by atomic mass is 16.5. The quantitative estimate of drug-likeness (QED) is 0.616. The van der Waals surface area contributed by atoms with Crippen molar-refractivity contribution in [1.29, 1.82) is 0 Å². The predicted octanol–water partition coefficient (Wildman–Crippen LogP) is 2.40. The number of furan rings is 1. The molecule has 4 rings (SSSR count). The first-order valence-corrected chi connectivity index (χ1v) is 10.1. The molecule has 1 saturated heterocycles. The van der Waals surface area contributed by atoms with Crippen molar-refractivity contribution in [2.75, 3.05) is 33.3 Å². The normalized spacial score (nSPS) is 16.1. The number of amides is 1. The van der Waals surface area contributed by atoms with Crippen molar-refractivity contribution in [2.24, 2.45) is 0 Å². The first-order valence-electron chi connectivity index (χ1n) is 10.1. The topological polar surface area (TPSA) is 89.5 Å². The van der Waals surface area contributed by atoms with E-state index in [2.05, 4.69) is 34.3 Å². The van der Waals surface area contributed by atoms with Gasteiger partial charge in [0.15, 0.2) is 11.6 Å². The summed E-state index contributed by atoms with van der Waals surface area (Å²) in [6.07, 6.45) is 1.52. The minimum Gasteiger partial charge on any atom is -0.496 e. The van der Waals surface area contributed by atoms with Crippen molar-refractivity contribution in [1.82, 2.24) is 30.0 Å². The van der Waals surface area contributed by atoms with Gasteiger partial charge in [0.25, 0.3) is 5.91 Å². The molecule has 3 aromatic rings. The second-order valence-electron chi connectivity index (χ2n) is 7.53. The summed E-state index contributed by atoms with van der Waals surface area (Å²) in [6, 6.07) is 11.3. The minimum absolute atomic E-state index is 0.0829. The van der Waals surface area contributed by atoms with E-state index in [9.17, 15) is 4.79 Å². The third-order valence-electron chi connectivity index (χ3n) is 5.38. The summed E-state index contributed by atoms with van der Waals surface area (Å²) in [7, 11) is 1.67. The number of aromatic nitrogens is 4. The van der Waals surface area contributed by atoms with Crippen molar-refractivity contribution >= 4 is 5.91 Å². The van der Waals surface area contributed by atoms with Gasteiger partial charge >= 0.3 is 0 Å². The SMILES string of the molecule is COc1ccccc1[C@@H](c1nnnn1C(C)C)N1CCN(C(=O)c2ccco2)CC1. The van der Waals surface area contributed by atoms with Crippen molar-refractivity contribution < 1.29 is 13.9 Å². The number of benzene rings is 1. The molecule has 0 saturated carbocycles. The van der Waals surface area contributed by atoms with Gasteiger partial charge in [0, 0.05) is 31.7 Å². The first kappa shape index (κ1) is 20.1. The Morgan fingerprint density at radius 1 is 1.10 bits per heavy atom. The van der Waals surface area contributed by atoms with Gasteiger partial charge in [-0.1, -0.05) is 18.2 Å². The Morgan fingerprint density at radius 2 is 1.87 bits per heavy atom. The Labute approximate surface area is 175 Å². The molecule has 0 N–H and O–H groups in total. The molecule has 2 aromatic heterocycles. The zero-order valence-electron chi connectivity index (χ0n) is 17.4. The van der Waals surface area contributed by atoms with E-state index in [1.165, 1.54) is 6.26 Å². The molecule has 1 atom stereocenters. The zero-order valence-corrected chi connectivity index (χ0v) is 17.4. The monoisotopic (exact) mass is 410 g/mol. The molecular formula is C21H26N6O3. The highest BCUT2D eigenvalue weighted by Gasteiger charge is 2.34. The van der Waals surface area contributed by atoms with Gasteiger partial charge in [-0.2, -0.15) is 0 Å². The van der Waals surface area contributed by atoms with Crippen LogP contribution in [-0.4, -0.2) is 69.2 Å². The van der Waals surface area contributed by atoms with E-state index in [1.807, 2.05) is 33.8 Å². The lowest BCUT2D eigenvalue weighted by Gasteiger charge is -2.39. The number of ether oxygens (including phenoxy) is 1. The third-order valence-corrected chi connectivity index (χ3v) is 5.38.